The molecule has 0 bridgehead atoms. The summed E-state index contributed by atoms with van der Waals surface area (Å²) < 4.78 is 26.9. The van der Waals surface area contributed by atoms with Gasteiger partial charge in [0, 0.05) is 23.5 Å². The largest absolute Gasteiger partial charge is 0.323 e. The summed E-state index contributed by atoms with van der Waals surface area (Å²) in [5, 5.41) is 0. The number of hydrogen-bond donors (Lipinski definition) is 0. The fourth-order valence-electron chi connectivity index (χ4n) is 3.27. The highest BCUT2D eigenvalue weighted by Gasteiger charge is 2.12. The van der Waals surface area contributed by atoms with Crippen molar-refractivity contribution in [3.05, 3.63) is 102 Å². The summed E-state index contributed by atoms with van der Waals surface area (Å²) in [7, 11) is -3.13. The van der Waals surface area contributed by atoms with Crippen LogP contribution in [0.4, 0.5) is 0 Å². The lowest BCUT2D eigenvalue weighted by molar-refractivity contribution is 0.594. The van der Waals surface area contributed by atoms with Crippen molar-refractivity contribution in [1.82, 2.24) is 4.40 Å². The van der Waals surface area contributed by atoms with Crippen LogP contribution in [0.25, 0.3) is 16.6 Å². The van der Waals surface area contributed by atoms with Gasteiger partial charge in [0.2, 0.25) is 0 Å². The summed E-state index contributed by atoms with van der Waals surface area (Å²) in [6.45, 7) is 0. The normalized spacial score (nSPS) is 11.7. The van der Waals surface area contributed by atoms with Gasteiger partial charge in [0.1, 0.15) is 0 Å². The molecular formula is C23H21NO2S. The molecule has 0 spiro atoms. The molecule has 4 rings (SSSR count). The molecule has 0 unspecified atom stereocenters. The monoisotopic (exact) mass is 375 g/mol. The molecule has 4 heteroatoms. The maximum absolute atomic E-state index is 12.4. The minimum atomic E-state index is -3.13. The first kappa shape index (κ1) is 17.6. The van der Waals surface area contributed by atoms with Gasteiger partial charge in [0.15, 0.2) is 9.84 Å². The molecule has 2 aromatic heterocycles. The number of rotatable bonds is 6. The van der Waals surface area contributed by atoms with E-state index < -0.39 is 9.84 Å². The molecule has 0 N–H and O–H groups in total. The summed E-state index contributed by atoms with van der Waals surface area (Å²) in [5.41, 5.74) is 5.29. The predicted molar refractivity (Wildman–Crippen MR) is 110 cm³/mol. The summed E-state index contributed by atoms with van der Waals surface area (Å²) in [6.07, 6.45) is 4.64. The van der Waals surface area contributed by atoms with Crippen molar-refractivity contribution in [3.8, 4) is 11.1 Å². The Balaban J connectivity index is 1.49. The quantitative estimate of drug-likeness (QED) is 0.487. The van der Waals surface area contributed by atoms with Gasteiger partial charge in [-0.05, 0) is 35.2 Å². The Morgan fingerprint density at radius 2 is 1.41 bits per heavy atom. The van der Waals surface area contributed by atoms with Crippen LogP contribution >= 0.6 is 0 Å². The maximum atomic E-state index is 12.4. The molecule has 27 heavy (non-hydrogen) atoms. The molecule has 0 amide bonds. The van der Waals surface area contributed by atoms with Crippen molar-refractivity contribution >= 4 is 15.4 Å². The van der Waals surface area contributed by atoms with Crippen molar-refractivity contribution in [2.24, 2.45) is 0 Å². The van der Waals surface area contributed by atoms with E-state index in [0.29, 0.717) is 6.42 Å². The summed E-state index contributed by atoms with van der Waals surface area (Å²) in [6, 6.07) is 25.8. The number of fused-ring (bicyclic) bond motifs is 1. The summed E-state index contributed by atoms with van der Waals surface area (Å²) in [4.78, 5) is 0. The Hall–Kier alpha value is -2.85. The van der Waals surface area contributed by atoms with Crippen LogP contribution in [0.15, 0.2) is 91.3 Å². The van der Waals surface area contributed by atoms with Crippen LogP contribution in [0.3, 0.4) is 0 Å². The van der Waals surface area contributed by atoms with Gasteiger partial charge in [0.25, 0.3) is 0 Å². The average Bonchev–Trinajstić information content (AvgIpc) is 3.11. The lowest BCUT2D eigenvalue weighted by Crippen LogP contribution is -2.11. The van der Waals surface area contributed by atoms with E-state index in [4.69, 9.17) is 0 Å². The third kappa shape index (κ3) is 4.29. The van der Waals surface area contributed by atoms with Gasteiger partial charge in [0.05, 0.1) is 11.5 Å². The predicted octanol–water partition coefficient (Wildman–Crippen LogP) is 4.76. The van der Waals surface area contributed by atoms with Gasteiger partial charge in [-0.2, -0.15) is 0 Å². The second-order valence-corrected chi connectivity index (χ2v) is 8.98. The third-order valence-electron chi connectivity index (χ3n) is 4.69. The molecule has 136 valence electrons. The number of pyridine rings is 1. The molecule has 0 radical (unpaired) electrons. The minimum absolute atomic E-state index is 0.0950. The highest BCUT2D eigenvalue weighted by molar-refractivity contribution is 7.90. The van der Waals surface area contributed by atoms with Gasteiger partial charge in [-0.1, -0.05) is 66.7 Å². The van der Waals surface area contributed by atoms with E-state index in [9.17, 15) is 8.42 Å². The number of aryl methyl sites for hydroxylation is 1. The van der Waals surface area contributed by atoms with E-state index in [1.807, 2.05) is 66.9 Å². The van der Waals surface area contributed by atoms with E-state index in [2.05, 4.69) is 28.8 Å². The lowest BCUT2D eigenvalue weighted by Gasteiger charge is -2.06. The van der Waals surface area contributed by atoms with Crippen molar-refractivity contribution in [3.63, 3.8) is 0 Å². The van der Waals surface area contributed by atoms with Gasteiger partial charge in [-0.25, -0.2) is 8.42 Å². The van der Waals surface area contributed by atoms with Crippen LogP contribution in [0.2, 0.25) is 0 Å². The van der Waals surface area contributed by atoms with Gasteiger partial charge < -0.3 is 4.40 Å². The number of hydrogen-bond acceptors (Lipinski definition) is 2. The highest BCUT2D eigenvalue weighted by atomic mass is 32.2. The molecule has 0 atom stereocenters. The number of benzene rings is 2. The van der Waals surface area contributed by atoms with E-state index >= 15 is 0 Å². The van der Waals surface area contributed by atoms with Gasteiger partial charge >= 0.3 is 0 Å². The molecule has 0 aliphatic heterocycles. The van der Waals surface area contributed by atoms with Crippen molar-refractivity contribution in [1.29, 1.82) is 0 Å². The summed E-state index contributed by atoms with van der Waals surface area (Å²) >= 11 is 0. The Kier molecular flexibility index (Phi) is 4.82. The van der Waals surface area contributed by atoms with E-state index in [-0.39, 0.29) is 11.5 Å². The van der Waals surface area contributed by atoms with E-state index in [0.717, 1.165) is 22.2 Å². The van der Waals surface area contributed by atoms with Crippen LogP contribution in [0.5, 0.6) is 0 Å². The van der Waals surface area contributed by atoms with Gasteiger partial charge in [-0.15, -0.1) is 0 Å². The molecule has 0 saturated heterocycles. The fourth-order valence-corrected chi connectivity index (χ4v) is 4.66. The zero-order chi connectivity index (χ0) is 18.7. The minimum Gasteiger partial charge on any atom is -0.323 e. The summed E-state index contributed by atoms with van der Waals surface area (Å²) in [5.74, 6) is 0.248. The van der Waals surface area contributed by atoms with E-state index in [1.54, 1.807) is 0 Å². The molecule has 0 fully saturated rings. The zero-order valence-corrected chi connectivity index (χ0v) is 15.8. The molecule has 4 aromatic rings. The van der Waals surface area contributed by atoms with Crippen LogP contribution in [-0.4, -0.2) is 18.6 Å². The second kappa shape index (κ2) is 7.41. The van der Waals surface area contributed by atoms with E-state index in [1.165, 1.54) is 5.56 Å². The van der Waals surface area contributed by atoms with Crippen LogP contribution < -0.4 is 0 Å². The Morgan fingerprint density at radius 1 is 0.704 bits per heavy atom. The Labute approximate surface area is 159 Å². The van der Waals surface area contributed by atoms with Crippen LogP contribution in [0, 0.1) is 0 Å². The maximum Gasteiger partial charge on any atom is 0.154 e. The molecule has 3 nitrogen and oxygen atoms in total. The molecular weight excluding hydrogens is 354 g/mol. The molecule has 0 aliphatic rings. The number of aromatic nitrogens is 1. The smallest absolute Gasteiger partial charge is 0.154 e. The molecule has 2 aromatic carbocycles. The lowest BCUT2D eigenvalue weighted by atomic mass is 10.1. The number of nitrogens with zero attached hydrogens (tertiary/aromatic N) is 1. The topological polar surface area (TPSA) is 38.5 Å². The first-order chi connectivity index (χ1) is 13.1. The first-order valence-electron chi connectivity index (χ1n) is 8.99. The number of sulfone groups is 1. The first-order valence-corrected chi connectivity index (χ1v) is 10.8. The second-order valence-electron chi connectivity index (χ2n) is 6.79. The van der Waals surface area contributed by atoms with Gasteiger partial charge in [-0.3, -0.25) is 0 Å². The van der Waals surface area contributed by atoms with Crippen LogP contribution in [0.1, 0.15) is 11.1 Å². The molecule has 0 aliphatic carbocycles. The van der Waals surface area contributed by atoms with Crippen molar-refractivity contribution in [2.75, 3.05) is 5.75 Å². The van der Waals surface area contributed by atoms with Crippen molar-refractivity contribution in [2.45, 2.75) is 12.2 Å². The molecule has 2 heterocycles. The third-order valence-corrected chi connectivity index (χ3v) is 6.29. The van der Waals surface area contributed by atoms with Crippen LogP contribution in [-0.2, 0) is 22.0 Å². The average molecular weight is 375 g/mol. The highest BCUT2D eigenvalue weighted by Crippen LogP contribution is 2.23. The SMILES string of the molecule is O=S(=O)(CCc1ccc2cc(-c3ccccc3)cn2c1)Cc1ccccc1. The van der Waals surface area contributed by atoms with Crippen molar-refractivity contribution < 1.29 is 8.42 Å². The molecule has 0 saturated carbocycles. The Morgan fingerprint density at radius 3 is 2.15 bits per heavy atom. The zero-order valence-electron chi connectivity index (χ0n) is 15.0. The fraction of sp³-hybridized carbons (Fsp3) is 0.130. The standard InChI is InChI=1S/C23H21NO2S/c25-27(26,18-20-7-3-1-4-8-20)14-13-19-11-12-23-15-22(17-24(23)16-19)21-9-5-2-6-10-21/h1-12,15-17H,13-14,18H2. The Bertz CT molecular complexity index is 1150.